The lowest BCUT2D eigenvalue weighted by atomic mass is 9.94. The predicted molar refractivity (Wildman–Crippen MR) is 102 cm³/mol. The van der Waals surface area contributed by atoms with Crippen molar-refractivity contribution in [2.45, 2.75) is 25.8 Å². The molecule has 1 heterocycles. The molecule has 0 radical (unpaired) electrons. The first-order chi connectivity index (χ1) is 13.0. The molecule has 1 N–H and O–H groups in total. The third-order valence-corrected chi connectivity index (χ3v) is 5.17. The molecule has 0 aromatic heterocycles. The van der Waals surface area contributed by atoms with Crippen LogP contribution in [-0.4, -0.2) is 23.9 Å². The Labute approximate surface area is 157 Å². The summed E-state index contributed by atoms with van der Waals surface area (Å²) in [6, 6.07) is 14.1. The number of carbonyl (C=O) groups excluding carboxylic acids is 2. The lowest BCUT2D eigenvalue weighted by Gasteiger charge is -2.27. The lowest BCUT2D eigenvalue weighted by Crippen LogP contribution is -2.31. The quantitative estimate of drug-likeness (QED) is 0.875. The van der Waals surface area contributed by atoms with Gasteiger partial charge in [0.1, 0.15) is 5.75 Å². The van der Waals surface area contributed by atoms with Gasteiger partial charge < -0.3 is 9.84 Å². The van der Waals surface area contributed by atoms with E-state index in [1.165, 1.54) is 4.90 Å². The van der Waals surface area contributed by atoms with Crippen LogP contribution in [0.3, 0.4) is 0 Å². The molecule has 27 heavy (non-hydrogen) atoms. The van der Waals surface area contributed by atoms with Crippen molar-refractivity contribution in [2.24, 2.45) is 5.92 Å². The van der Waals surface area contributed by atoms with Crippen molar-refractivity contribution >= 4 is 17.4 Å². The Hall–Kier alpha value is -3.08. The van der Waals surface area contributed by atoms with Crippen molar-refractivity contribution in [1.29, 1.82) is 0 Å². The molecule has 5 heteroatoms. The Balaban J connectivity index is 1.83. The fraction of sp³-hybridized carbons (Fsp3) is 0.273. The van der Waals surface area contributed by atoms with Crippen LogP contribution < -0.4 is 9.64 Å². The summed E-state index contributed by atoms with van der Waals surface area (Å²) in [6.45, 7) is 1.97. The largest absolute Gasteiger partial charge is 0.503 e. The number of carbonyl (C=O) groups is 2. The number of aliphatic hydroxyl groups is 1. The van der Waals surface area contributed by atoms with Crippen LogP contribution in [0.15, 0.2) is 59.9 Å². The highest BCUT2D eigenvalue weighted by atomic mass is 16.5. The van der Waals surface area contributed by atoms with Gasteiger partial charge in [0.2, 0.25) is 0 Å². The van der Waals surface area contributed by atoms with Gasteiger partial charge in [-0.2, -0.15) is 0 Å². The molecule has 0 saturated heterocycles. The van der Waals surface area contributed by atoms with Crippen molar-refractivity contribution < 1.29 is 19.4 Å². The molecule has 2 aromatic rings. The van der Waals surface area contributed by atoms with Crippen LogP contribution in [0, 0.1) is 12.8 Å². The standard InChI is InChI=1S/C22H21NO4/c1-13-3-9-16(10-4-13)23-19(14-7-11-17(27-2)12-8-14)18(21(25)22(23)26)20(24)15-5-6-15/h3-4,7-12,15,19,25H,5-6H2,1-2H3/t19-/m1/s1. The zero-order valence-electron chi connectivity index (χ0n) is 15.3. The molecule has 138 valence electrons. The molecule has 0 bridgehead atoms. The molecule has 1 aliphatic carbocycles. The summed E-state index contributed by atoms with van der Waals surface area (Å²) in [4.78, 5) is 27.3. The summed E-state index contributed by atoms with van der Waals surface area (Å²) in [5.74, 6) is -0.504. The Morgan fingerprint density at radius 1 is 1.07 bits per heavy atom. The number of rotatable bonds is 5. The average Bonchev–Trinajstić information content (AvgIpc) is 3.50. The lowest BCUT2D eigenvalue weighted by molar-refractivity contribution is -0.118. The number of benzene rings is 2. The van der Waals surface area contributed by atoms with Crippen LogP contribution in [0.5, 0.6) is 5.75 Å². The Morgan fingerprint density at radius 3 is 2.26 bits per heavy atom. The summed E-state index contributed by atoms with van der Waals surface area (Å²) in [6.07, 6.45) is 1.62. The smallest absolute Gasteiger partial charge is 0.294 e. The molecule has 1 amide bonds. The third-order valence-electron chi connectivity index (χ3n) is 5.17. The van der Waals surface area contributed by atoms with E-state index in [2.05, 4.69) is 0 Å². The van der Waals surface area contributed by atoms with E-state index in [1.807, 2.05) is 43.3 Å². The Kier molecular flexibility index (Phi) is 4.22. The van der Waals surface area contributed by atoms with E-state index in [9.17, 15) is 14.7 Å². The van der Waals surface area contributed by atoms with Gasteiger partial charge in [0.15, 0.2) is 11.5 Å². The number of hydrogen-bond acceptors (Lipinski definition) is 4. The summed E-state index contributed by atoms with van der Waals surface area (Å²) in [7, 11) is 1.58. The summed E-state index contributed by atoms with van der Waals surface area (Å²) >= 11 is 0. The highest BCUT2D eigenvalue weighted by Crippen LogP contribution is 2.45. The number of anilines is 1. The molecule has 1 aliphatic heterocycles. The van der Waals surface area contributed by atoms with E-state index in [-0.39, 0.29) is 17.3 Å². The van der Waals surface area contributed by atoms with Crippen LogP contribution >= 0.6 is 0 Å². The van der Waals surface area contributed by atoms with Gasteiger partial charge in [0.05, 0.1) is 18.7 Å². The zero-order valence-corrected chi connectivity index (χ0v) is 15.3. The molecule has 2 aliphatic rings. The van der Waals surface area contributed by atoms with Crippen LogP contribution in [0.1, 0.15) is 30.0 Å². The van der Waals surface area contributed by atoms with Crippen molar-refractivity contribution in [2.75, 3.05) is 12.0 Å². The molecule has 4 rings (SSSR count). The van der Waals surface area contributed by atoms with Gasteiger partial charge in [-0.05, 0) is 49.6 Å². The summed E-state index contributed by atoms with van der Waals surface area (Å²) in [5, 5.41) is 10.6. The number of aliphatic hydroxyl groups excluding tert-OH is 1. The molecule has 0 unspecified atom stereocenters. The van der Waals surface area contributed by atoms with E-state index in [0.29, 0.717) is 11.4 Å². The van der Waals surface area contributed by atoms with E-state index in [1.54, 1.807) is 19.2 Å². The molecular weight excluding hydrogens is 342 g/mol. The predicted octanol–water partition coefficient (Wildman–Crippen LogP) is 3.88. The number of nitrogens with zero attached hydrogens (tertiary/aromatic N) is 1. The van der Waals surface area contributed by atoms with Crippen molar-refractivity contribution in [3.8, 4) is 5.75 Å². The second-order valence-corrected chi connectivity index (χ2v) is 7.09. The third kappa shape index (κ3) is 2.99. The van der Waals surface area contributed by atoms with E-state index >= 15 is 0 Å². The number of ketones is 1. The number of methoxy groups -OCH3 is 1. The van der Waals surface area contributed by atoms with E-state index in [4.69, 9.17) is 4.74 Å². The molecule has 5 nitrogen and oxygen atoms in total. The maximum atomic E-state index is 12.9. The molecule has 1 atom stereocenters. The van der Waals surface area contributed by atoms with Crippen LogP contribution in [-0.2, 0) is 9.59 Å². The van der Waals surface area contributed by atoms with Gasteiger partial charge in [0.25, 0.3) is 5.91 Å². The fourth-order valence-electron chi connectivity index (χ4n) is 3.50. The average molecular weight is 363 g/mol. The van der Waals surface area contributed by atoms with Gasteiger partial charge in [-0.3, -0.25) is 14.5 Å². The second kappa shape index (κ2) is 6.58. The molecule has 2 aromatic carbocycles. The van der Waals surface area contributed by atoms with Gasteiger partial charge in [-0.1, -0.05) is 29.8 Å². The highest BCUT2D eigenvalue weighted by Gasteiger charge is 2.47. The highest BCUT2D eigenvalue weighted by molar-refractivity contribution is 6.17. The summed E-state index contributed by atoms with van der Waals surface area (Å²) in [5.41, 5.74) is 2.68. The Morgan fingerprint density at radius 2 is 1.70 bits per heavy atom. The number of ether oxygens (including phenoxy) is 1. The fourth-order valence-corrected chi connectivity index (χ4v) is 3.50. The van der Waals surface area contributed by atoms with Gasteiger partial charge >= 0.3 is 0 Å². The van der Waals surface area contributed by atoms with Crippen molar-refractivity contribution in [3.05, 3.63) is 71.0 Å². The number of amides is 1. The Bertz CT molecular complexity index is 924. The van der Waals surface area contributed by atoms with Gasteiger partial charge in [0, 0.05) is 11.6 Å². The maximum absolute atomic E-state index is 12.9. The van der Waals surface area contributed by atoms with Crippen molar-refractivity contribution in [1.82, 2.24) is 0 Å². The van der Waals surface area contributed by atoms with E-state index in [0.717, 1.165) is 24.0 Å². The van der Waals surface area contributed by atoms with Crippen LogP contribution in [0.2, 0.25) is 0 Å². The first-order valence-electron chi connectivity index (χ1n) is 9.02. The number of Topliss-reactive ketones (excluding diaryl/α,β-unsaturated/α-hetero) is 1. The molecule has 1 fully saturated rings. The molecule has 1 saturated carbocycles. The second-order valence-electron chi connectivity index (χ2n) is 7.09. The zero-order chi connectivity index (χ0) is 19.1. The number of aryl methyl sites for hydroxylation is 1. The topological polar surface area (TPSA) is 66.8 Å². The monoisotopic (exact) mass is 363 g/mol. The number of hydrogen-bond donors (Lipinski definition) is 1. The SMILES string of the molecule is COc1ccc([C@@H]2C(C(=O)C3CC3)=C(O)C(=O)N2c2ccc(C)cc2)cc1. The van der Waals surface area contributed by atoms with Gasteiger partial charge in [-0.15, -0.1) is 0 Å². The minimum Gasteiger partial charge on any atom is -0.503 e. The maximum Gasteiger partial charge on any atom is 0.294 e. The molecule has 0 spiro atoms. The first-order valence-corrected chi connectivity index (χ1v) is 9.02. The van der Waals surface area contributed by atoms with Crippen molar-refractivity contribution in [3.63, 3.8) is 0 Å². The van der Waals surface area contributed by atoms with Crippen LogP contribution in [0.25, 0.3) is 0 Å². The van der Waals surface area contributed by atoms with Gasteiger partial charge in [-0.25, -0.2) is 0 Å². The minimum atomic E-state index is -0.640. The van der Waals surface area contributed by atoms with E-state index < -0.39 is 17.7 Å². The summed E-state index contributed by atoms with van der Waals surface area (Å²) < 4.78 is 5.21. The van der Waals surface area contributed by atoms with Crippen LogP contribution in [0.4, 0.5) is 5.69 Å². The minimum absolute atomic E-state index is 0.0892. The normalized spacial score (nSPS) is 19.6. The first kappa shape index (κ1) is 17.3. The molecular formula is C22H21NO4.